The van der Waals surface area contributed by atoms with Gasteiger partial charge in [-0.1, -0.05) is 27.7 Å². The predicted molar refractivity (Wildman–Crippen MR) is 73.9 cm³/mol. The van der Waals surface area contributed by atoms with Gasteiger partial charge in [-0.05, 0) is 49.5 Å². The molecule has 0 bridgehead atoms. The molecule has 17 heavy (non-hydrogen) atoms. The van der Waals surface area contributed by atoms with Crippen molar-refractivity contribution in [2.45, 2.75) is 65.5 Å². The van der Waals surface area contributed by atoms with Crippen LogP contribution in [0.25, 0.3) is 0 Å². The third kappa shape index (κ3) is 3.03. The van der Waals surface area contributed by atoms with Crippen molar-refractivity contribution in [1.82, 2.24) is 4.90 Å². The second-order valence-electron chi connectivity index (χ2n) is 7.43. The van der Waals surface area contributed by atoms with Gasteiger partial charge in [0, 0.05) is 18.6 Å². The lowest BCUT2D eigenvalue weighted by atomic mass is 9.75. The van der Waals surface area contributed by atoms with Crippen LogP contribution in [0.1, 0.15) is 53.4 Å². The Morgan fingerprint density at radius 1 is 1.06 bits per heavy atom. The van der Waals surface area contributed by atoms with Crippen LogP contribution in [-0.2, 0) is 0 Å². The number of rotatable bonds is 1. The van der Waals surface area contributed by atoms with E-state index in [0.717, 1.165) is 17.9 Å². The standard InChI is InChI=1S/C15H30N2/c1-11-7-12(2)9-13(8-11)17-6-5-14(16)15(3,4)10-17/h11-14H,5-10,16H2,1-4H3. The minimum absolute atomic E-state index is 0.294. The lowest BCUT2D eigenvalue weighted by Gasteiger charge is -2.48. The molecule has 3 atom stereocenters. The Balaban J connectivity index is 1.98. The summed E-state index contributed by atoms with van der Waals surface area (Å²) in [6.45, 7) is 11.9. The van der Waals surface area contributed by atoms with Crippen molar-refractivity contribution in [2.75, 3.05) is 13.1 Å². The molecular formula is C15H30N2. The summed E-state index contributed by atoms with van der Waals surface area (Å²) in [7, 11) is 0. The maximum Gasteiger partial charge on any atom is 0.0115 e. The lowest BCUT2D eigenvalue weighted by molar-refractivity contribution is 0.0288. The highest BCUT2D eigenvalue weighted by Crippen LogP contribution is 2.36. The molecule has 1 aliphatic heterocycles. The first-order valence-corrected chi connectivity index (χ1v) is 7.38. The van der Waals surface area contributed by atoms with E-state index in [1.165, 1.54) is 38.8 Å². The predicted octanol–water partition coefficient (Wildman–Crippen LogP) is 2.87. The zero-order chi connectivity index (χ0) is 12.6. The summed E-state index contributed by atoms with van der Waals surface area (Å²) in [5, 5.41) is 0. The molecule has 2 fully saturated rings. The molecule has 1 saturated heterocycles. The van der Waals surface area contributed by atoms with Crippen LogP contribution < -0.4 is 5.73 Å². The molecular weight excluding hydrogens is 208 g/mol. The van der Waals surface area contributed by atoms with E-state index >= 15 is 0 Å². The van der Waals surface area contributed by atoms with Gasteiger partial charge < -0.3 is 5.73 Å². The van der Waals surface area contributed by atoms with Crippen molar-refractivity contribution in [2.24, 2.45) is 23.0 Å². The fraction of sp³-hybridized carbons (Fsp3) is 1.00. The average Bonchev–Trinajstić information content (AvgIpc) is 2.20. The summed E-state index contributed by atoms with van der Waals surface area (Å²) in [5.41, 5.74) is 6.53. The Morgan fingerprint density at radius 3 is 2.18 bits per heavy atom. The lowest BCUT2D eigenvalue weighted by Crippen LogP contribution is -2.56. The van der Waals surface area contributed by atoms with E-state index in [4.69, 9.17) is 5.73 Å². The fourth-order valence-electron chi connectivity index (χ4n) is 3.93. The van der Waals surface area contributed by atoms with Crippen LogP contribution in [0.2, 0.25) is 0 Å². The molecule has 2 nitrogen and oxygen atoms in total. The molecule has 100 valence electrons. The van der Waals surface area contributed by atoms with E-state index in [1.807, 2.05) is 0 Å². The number of likely N-dealkylation sites (tertiary alicyclic amines) is 1. The molecule has 3 unspecified atom stereocenters. The van der Waals surface area contributed by atoms with Gasteiger partial charge in [0.1, 0.15) is 0 Å². The van der Waals surface area contributed by atoms with Gasteiger partial charge >= 0.3 is 0 Å². The number of hydrogen-bond acceptors (Lipinski definition) is 2. The highest BCUT2D eigenvalue weighted by Gasteiger charge is 2.37. The van der Waals surface area contributed by atoms with Crippen LogP contribution in [0, 0.1) is 17.3 Å². The first kappa shape index (κ1) is 13.4. The van der Waals surface area contributed by atoms with E-state index in [2.05, 4.69) is 32.6 Å². The second-order valence-corrected chi connectivity index (χ2v) is 7.43. The van der Waals surface area contributed by atoms with E-state index in [0.29, 0.717) is 11.5 Å². The molecule has 1 saturated carbocycles. The third-order valence-electron chi connectivity index (χ3n) is 5.01. The summed E-state index contributed by atoms with van der Waals surface area (Å²) < 4.78 is 0. The van der Waals surface area contributed by atoms with Crippen LogP contribution in [-0.4, -0.2) is 30.1 Å². The first-order valence-electron chi connectivity index (χ1n) is 7.38. The maximum absolute atomic E-state index is 6.23. The molecule has 2 rings (SSSR count). The van der Waals surface area contributed by atoms with Crippen LogP contribution >= 0.6 is 0 Å². The van der Waals surface area contributed by atoms with E-state index in [9.17, 15) is 0 Å². The van der Waals surface area contributed by atoms with Crippen LogP contribution in [0.3, 0.4) is 0 Å². The second kappa shape index (κ2) is 4.89. The zero-order valence-electron chi connectivity index (χ0n) is 12.1. The van der Waals surface area contributed by atoms with Crippen molar-refractivity contribution in [1.29, 1.82) is 0 Å². The van der Waals surface area contributed by atoms with Gasteiger partial charge in [0.2, 0.25) is 0 Å². The van der Waals surface area contributed by atoms with Crippen LogP contribution in [0.15, 0.2) is 0 Å². The van der Waals surface area contributed by atoms with Gasteiger partial charge in [-0.2, -0.15) is 0 Å². The van der Waals surface area contributed by atoms with Gasteiger partial charge in [-0.15, -0.1) is 0 Å². The van der Waals surface area contributed by atoms with Gasteiger partial charge in [0.25, 0.3) is 0 Å². The Bertz CT molecular complexity index is 252. The van der Waals surface area contributed by atoms with E-state index < -0.39 is 0 Å². The highest BCUT2D eigenvalue weighted by atomic mass is 15.2. The summed E-state index contributed by atoms with van der Waals surface area (Å²) in [4.78, 5) is 2.73. The Labute approximate surface area is 107 Å². The Kier molecular flexibility index (Phi) is 3.84. The van der Waals surface area contributed by atoms with Crippen molar-refractivity contribution in [3.05, 3.63) is 0 Å². The molecule has 0 radical (unpaired) electrons. The first-order chi connectivity index (χ1) is 7.88. The molecule has 0 aromatic carbocycles. The van der Waals surface area contributed by atoms with E-state index in [-0.39, 0.29) is 0 Å². The third-order valence-corrected chi connectivity index (χ3v) is 5.01. The van der Waals surface area contributed by atoms with Gasteiger partial charge in [-0.3, -0.25) is 4.90 Å². The quantitative estimate of drug-likeness (QED) is 0.761. The average molecular weight is 238 g/mol. The number of nitrogens with zero attached hydrogens (tertiary/aromatic N) is 1. The number of piperidine rings is 1. The fourth-order valence-corrected chi connectivity index (χ4v) is 3.93. The smallest absolute Gasteiger partial charge is 0.0115 e. The summed E-state index contributed by atoms with van der Waals surface area (Å²) in [6.07, 6.45) is 5.39. The van der Waals surface area contributed by atoms with Gasteiger partial charge in [-0.25, -0.2) is 0 Å². The Hall–Kier alpha value is -0.0800. The van der Waals surface area contributed by atoms with Crippen molar-refractivity contribution in [3.63, 3.8) is 0 Å². The molecule has 2 aliphatic rings. The van der Waals surface area contributed by atoms with E-state index in [1.54, 1.807) is 0 Å². The number of nitrogens with two attached hydrogens (primary N) is 1. The molecule has 1 aliphatic carbocycles. The van der Waals surface area contributed by atoms with Gasteiger partial charge in [0.05, 0.1) is 0 Å². The minimum Gasteiger partial charge on any atom is -0.327 e. The van der Waals surface area contributed by atoms with Crippen molar-refractivity contribution in [3.8, 4) is 0 Å². The van der Waals surface area contributed by atoms with Crippen LogP contribution in [0.4, 0.5) is 0 Å². The Morgan fingerprint density at radius 2 is 1.65 bits per heavy atom. The minimum atomic E-state index is 0.294. The molecule has 0 spiro atoms. The molecule has 1 heterocycles. The summed E-state index contributed by atoms with van der Waals surface area (Å²) >= 11 is 0. The van der Waals surface area contributed by atoms with Gasteiger partial charge in [0.15, 0.2) is 0 Å². The van der Waals surface area contributed by atoms with Crippen molar-refractivity contribution >= 4 is 0 Å². The summed E-state index contributed by atoms with van der Waals surface area (Å²) in [5.74, 6) is 1.81. The SMILES string of the molecule is CC1CC(C)CC(N2CCC(N)C(C)(C)C2)C1. The zero-order valence-corrected chi connectivity index (χ0v) is 12.1. The topological polar surface area (TPSA) is 29.3 Å². The highest BCUT2D eigenvalue weighted by molar-refractivity contribution is 4.93. The van der Waals surface area contributed by atoms with Crippen molar-refractivity contribution < 1.29 is 0 Å². The van der Waals surface area contributed by atoms with Crippen LogP contribution in [0.5, 0.6) is 0 Å². The summed E-state index contributed by atoms with van der Waals surface area (Å²) in [6, 6.07) is 1.21. The largest absolute Gasteiger partial charge is 0.327 e. The molecule has 0 amide bonds. The molecule has 0 aromatic heterocycles. The normalized spacial score (nSPS) is 43.6. The monoisotopic (exact) mass is 238 g/mol. The number of hydrogen-bond donors (Lipinski definition) is 1. The molecule has 2 heteroatoms. The molecule has 2 N–H and O–H groups in total. The maximum atomic E-state index is 6.23. The molecule has 0 aromatic rings.